The summed E-state index contributed by atoms with van der Waals surface area (Å²) in [4.78, 5) is 7.27. The number of benzene rings is 2. The summed E-state index contributed by atoms with van der Waals surface area (Å²) in [6, 6.07) is 23.2. The molecular weight excluding hydrogens is 368 g/mol. The Morgan fingerprint density at radius 3 is 2.27 bits per heavy atom. The van der Waals surface area contributed by atoms with Crippen molar-refractivity contribution in [2.24, 2.45) is 0 Å². The summed E-state index contributed by atoms with van der Waals surface area (Å²) in [5.74, 6) is 0. The summed E-state index contributed by atoms with van der Waals surface area (Å²) in [7, 11) is 2.14. The first-order valence-corrected chi connectivity index (χ1v) is 10.4. The molecule has 0 aliphatic rings. The van der Waals surface area contributed by atoms with Crippen LogP contribution in [0.25, 0.3) is 16.9 Å². The molecule has 0 radical (unpaired) electrons. The maximum atomic E-state index is 6.10. The largest absolute Gasteiger partial charge is 0.398 e. The van der Waals surface area contributed by atoms with Crippen LogP contribution in [0.2, 0.25) is 0 Å². The summed E-state index contributed by atoms with van der Waals surface area (Å²) in [5, 5.41) is 0. The lowest BCUT2D eigenvalue weighted by Gasteiger charge is -2.20. The van der Waals surface area contributed by atoms with E-state index in [4.69, 9.17) is 10.7 Å². The van der Waals surface area contributed by atoms with Crippen LogP contribution in [0, 0.1) is 0 Å². The Morgan fingerprint density at radius 1 is 0.900 bits per heavy atom. The molecule has 4 rings (SSSR count). The van der Waals surface area contributed by atoms with Gasteiger partial charge in [-0.15, -0.1) is 0 Å². The van der Waals surface area contributed by atoms with E-state index in [1.807, 2.05) is 18.3 Å². The van der Waals surface area contributed by atoms with Gasteiger partial charge in [0, 0.05) is 30.5 Å². The standard InChI is InChI=1S/C26H30N4/c1-26(2,3)21-12-10-20(11-13-21)25-23(30-17-22(27)14-15-24(30)28-25)18-29(4)16-19-8-6-5-7-9-19/h5-15,17H,16,18,27H2,1-4H3. The van der Waals surface area contributed by atoms with E-state index >= 15 is 0 Å². The molecule has 2 aromatic heterocycles. The van der Waals surface area contributed by atoms with Crippen LogP contribution in [0.3, 0.4) is 0 Å². The molecule has 0 saturated heterocycles. The van der Waals surface area contributed by atoms with Crippen LogP contribution >= 0.6 is 0 Å². The zero-order valence-corrected chi connectivity index (χ0v) is 18.3. The van der Waals surface area contributed by atoms with Crippen molar-refractivity contribution in [2.75, 3.05) is 12.8 Å². The van der Waals surface area contributed by atoms with Gasteiger partial charge in [0.05, 0.1) is 11.4 Å². The van der Waals surface area contributed by atoms with Gasteiger partial charge in [-0.1, -0.05) is 75.4 Å². The second-order valence-electron chi connectivity index (χ2n) is 9.08. The Bertz CT molecular complexity index is 1140. The number of hydrogen-bond donors (Lipinski definition) is 1. The zero-order chi connectivity index (χ0) is 21.3. The van der Waals surface area contributed by atoms with Crippen molar-refractivity contribution < 1.29 is 0 Å². The van der Waals surface area contributed by atoms with Gasteiger partial charge in [-0.3, -0.25) is 4.90 Å². The number of aromatic nitrogens is 2. The number of anilines is 1. The van der Waals surface area contributed by atoms with Gasteiger partial charge in [0.25, 0.3) is 0 Å². The number of imidazole rings is 1. The van der Waals surface area contributed by atoms with E-state index in [-0.39, 0.29) is 5.41 Å². The molecule has 2 aromatic carbocycles. The van der Waals surface area contributed by atoms with Crippen molar-refractivity contribution in [1.29, 1.82) is 0 Å². The van der Waals surface area contributed by atoms with Gasteiger partial charge in [-0.2, -0.15) is 0 Å². The van der Waals surface area contributed by atoms with E-state index in [2.05, 4.69) is 91.7 Å². The topological polar surface area (TPSA) is 46.6 Å². The van der Waals surface area contributed by atoms with E-state index in [0.717, 1.165) is 41.4 Å². The minimum absolute atomic E-state index is 0.130. The third-order valence-corrected chi connectivity index (χ3v) is 5.48. The zero-order valence-electron chi connectivity index (χ0n) is 18.3. The average molecular weight is 399 g/mol. The van der Waals surface area contributed by atoms with Crippen LogP contribution in [-0.2, 0) is 18.5 Å². The van der Waals surface area contributed by atoms with Crippen LogP contribution in [0.1, 0.15) is 37.6 Å². The van der Waals surface area contributed by atoms with Crippen LogP contribution in [0.5, 0.6) is 0 Å². The molecular formula is C26H30N4. The maximum absolute atomic E-state index is 6.10. The molecule has 4 heteroatoms. The van der Waals surface area contributed by atoms with E-state index < -0.39 is 0 Å². The smallest absolute Gasteiger partial charge is 0.137 e. The van der Waals surface area contributed by atoms with Gasteiger partial charge in [0.1, 0.15) is 5.65 Å². The molecule has 0 unspecified atom stereocenters. The predicted molar refractivity (Wildman–Crippen MR) is 125 cm³/mol. The van der Waals surface area contributed by atoms with E-state index in [1.165, 1.54) is 11.1 Å². The molecule has 4 nitrogen and oxygen atoms in total. The Kier molecular flexibility index (Phi) is 5.35. The van der Waals surface area contributed by atoms with E-state index in [9.17, 15) is 0 Å². The average Bonchev–Trinajstić information content (AvgIpc) is 3.05. The minimum atomic E-state index is 0.130. The lowest BCUT2D eigenvalue weighted by Crippen LogP contribution is -2.19. The first-order chi connectivity index (χ1) is 14.3. The molecule has 4 aromatic rings. The summed E-state index contributed by atoms with van der Waals surface area (Å²) < 4.78 is 2.13. The first-order valence-electron chi connectivity index (χ1n) is 10.4. The lowest BCUT2D eigenvalue weighted by atomic mass is 9.86. The number of pyridine rings is 1. The fourth-order valence-electron chi connectivity index (χ4n) is 3.83. The van der Waals surface area contributed by atoms with Crippen molar-refractivity contribution >= 4 is 11.3 Å². The van der Waals surface area contributed by atoms with Gasteiger partial charge in [0.15, 0.2) is 0 Å². The predicted octanol–water partition coefficient (Wildman–Crippen LogP) is 5.51. The van der Waals surface area contributed by atoms with Crippen molar-refractivity contribution in [2.45, 2.75) is 39.3 Å². The minimum Gasteiger partial charge on any atom is -0.398 e. The molecule has 0 atom stereocenters. The van der Waals surface area contributed by atoms with Gasteiger partial charge < -0.3 is 10.1 Å². The van der Waals surface area contributed by atoms with Crippen LogP contribution in [-0.4, -0.2) is 21.3 Å². The Labute approximate surface area is 179 Å². The highest BCUT2D eigenvalue weighted by atomic mass is 15.1. The molecule has 0 fully saturated rings. The van der Waals surface area contributed by atoms with Crippen LogP contribution in [0.4, 0.5) is 5.69 Å². The Morgan fingerprint density at radius 2 is 1.60 bits per heavy atom. The monoisotopic (exact) mass is 398 g/mol. The molecule has 0 amide bonds. The second-order valence-corrected chi connectivity index (χ2v) is 9.08. The molecule has 0 aliphatic heterocycles. The lowest BCUT2D eigenvalue weighted by molar-refractivity contribution is 0.314. The normalized spacial score (nSPS) is 12.0. The van der Waals surface area contributed by atoms with Crippen molar-refractivity contribution in [3.8, 4) is 11.3 Å². The molecule has 30 heavy (non-hydrogen) atoms. The van der Waals surface area contributed by atoms with Crippen molar-refractivity contribution in [3.05, 3.63) is 89.7 Å². The number of hydrogen-bond acceptors (Lipinski definition) is 3. The highest BCUT2D eigenvalue weighted by Crippen LogP contribution is 2.29. The van der Waals surface area contributed by atoms with Gasteiger partial charge >= 0.3 is 0 Å². The highest BCUT2D eigenvalue weighted by Gasteiger charge is 2.18. The Balaban J connectivity index is 1.72. The number of fused-ring (bicyclic) bond motifs is 1. The second kappa shape index (κ2) is 7.96. The highest BCUT2D eigenvalue weighted by molar-refractivity contribution is 5.68. The van der Waals surface area contributed by atoms with Crippen molar-refractivity contribution in [3.63, 3.8) is 0 Å². The molecule has 2 heterocycles. The number of nitrogen functional groups attached to an aromatic ring is 1. The van der Waals surface area contributed by atoms with Gasteiger partial charge in [0.2, 0.25) is 0 Å². The quantitative estimate of drug-likeness (QED) is 0.482. The first kappa shape index (κ1) is 20.2. The molecule has 154 valence electrons. The molecule has 0 saturated carbocycles. The molecule has 0 spiro atoms. The fraction of sp³-hybridized carbons (Fsp3) is 0.269. The summed E-state index contributed by atoms with van der Waals surface area (Å²) in [5.41, 5.74) is 13.8. The Hall–Kier alpha value is -3.11. The number of rotatable bonds is 5. The molecule has 0 aliphatic carbocycles. The van der Waals surface area contributed by atoms with Gasteiger partial charge in [-0.25, -0.2) is 4.98 Å². The third-order valence-electron chi connectivity index (χ3n) is 5.48. The summed E-state index contributed by atoms with van der Waals surface area (Å²) >= 11 is 0. The number of nitrogens with two attached hydrogens (primary N) is 1. The van der Waals surface area contributed by atoms with Crippen LogP contribution < -0.4 is 5.73 Å². The maximum Gasteiger partial charge on any atom is 0.137 e. The SMILES string of the molecule is CN(Cc1ccccc1)Cc1c(-c2ccc(C(C)(C)C)cc2)nc2ccc(N)cn12. The summed E-state index contributed by atoms with van der Waals surface area (Å²) in [6.45, 7) is 8.35. The van der Waals surface area contributed by atoms with E-state index in [0.29, 0.717) is 0 Å². The third kappa shape index (κ3) is 4.24. The summed E-state index contributed by atoms with van der Waals surface area (Å²) in [6.07, 6.45) is 1.97. The van der Waals surface area contributed by atoms with Crippen molar-refractivity contribution in [1.82, 2.24) is 14.3 Å². The van der Waals surface area contributed by atoms with E-state index in [1.54, 1.807) is 0 Å². The van der Waals surface area contributed by atoms with Gasteiger partial charge in [-0.05, 0) is 35.7 Å². The molecule has 0 bridgehead atoms. The molecule has 2 N–H and O–H groups in total. The fourth-order valence-corrected chi connectivity index (χ4v) is 3.83. The van der Waals surface area contributed by atoms with Crippen LogP contribution in [0.15, 0.2) is 72.9 Å². The number of nitrogens with zero attached hydrogens (tertiary/aromatic N) is 3.